The SMILES string of the molecule is O=C(O)[C@@H](Cc1ccccc1F)N1CC(CS)CC1=O. The van der Waals surface area contributed by atoms with Crippen molar-refractivity contribution in [3.05, 3.63) is 35.6 Å². The highest BCUT2D eigenvalue weighted by molar-refractivity contribution is 7.80. The minimum atomic E-state index is -1.11. The maximum atomic E-state index is 13.6. The quantitative estimate of drug-likeness (QED) is 0.812. The predicted octanol–water partition coefficient (Wildman–Crippen LogP) is 1.60. The van der Waals surface area contributed by atoms with Crippen LogP contribution in [0.5, 0.6) is 0 Å². The van der Waals surface area contributed by atoms with E-state index in [-0.39, 0.29) is 18.2 Å². The Kier molecular flexibility index (Phi) is 4.65. The van der Waals surface area contributed by atoms with E-state index in [4.69, 9.17) is 0 Å². The number of halogens is 1. The molecule has 1 aromatic carbocycles. The van der Waals surface area contributed by atoms with Crippen molar-refractivity contribution < 1.29 is 19.1 Å². The summed E-state index contributed by atoms with van der Waals surface area (Å²) in [5.74, 6) is -1.16. The van der Waals surface area contributed by atoms with Crippen molar-refractivity contribution in [2.75, 3.05) is 12.3 Å². The van der Waals surface area contributed by atoms with Crippen molar-refractivity contribution in [1.82, 2.24) is 4.90 Å². The molecule has 1 aliphatic heterocycles. The summed E-state index contributed by atoms with van der Waals surface area (Å²) in [5.41, 5.74) is 0.307. The van der Waals surface area contributed by atoms with Gasteiger partial charge in [0, 0.05) is 19.4 Å². The maximum absolute atomic E-state index is 13.6. The third kappa shape index (κ3) is 3.12. The zero-order chi connectivity index (χ0) is 14.7. The molecule has 1 N–H and O–H groups in total. The van der Waals surface area contributed by atoms with E-state index in [0.717, 1.165) is 0 Å². The van der Waals surface area contributed by atoms with Crippen LogP contribution in [0, 0.1) is 11.7 Å². The number of benzene rings is 1. The van der Waals surface area contributed by atoms with E-state index in [0.29, 0.717) is 24.3 Å². The Morgan fingerprint density at radius 2 is 2.20 bits per heavy atom. The lowest BCUT2D eigenvalue weighted by Gasteiger charge is -2.25. The number of amides is 1. The van der Waals surface area contributed by atoms with Crippen LogP contribution in [0.2, 0.25) is 0 Å². The number of hydrogen-bond acceptors (Lipinski definition) is 3. The second-order valence-electron chi connectivity index (χ2n) is 4.95. The fraction of sp³-hybridized carbons (Fsp3) is 0.429. The molecule has 20 heavy (non-hydrogen) atoms. The third-order valence-electron chi connectivity index (χ3n) is 3.53. The maximum Gasteiger partial charge on any atom is 0.326 e. The first-order chi connectivity index (χ1) is 9.52. The molecule has 0 aliphatic carbocycles. The van der Waals surface area contributed by atoms with Crippen LogP contribution in [0.1, 0.15) is 12.0 Å². The van der Waals surface area contributed by atoms with Crippen LogP contribution in [0.25, 0.3) is 0 Å². The zero-order valence-electron chi connectivity index (χ0n) is 10.8. The van der Waals surface area contributed by atoms with Gasteiger partial charge in [-0.2, -0.15) is 12.6 Å². The van der Waals surface area contributed by atoms with Crippen LogP contribution in [-0.2, 0) is 16.0 Å². The first-order valence-corrected chi connectivity index (χ1v) is 7.02. The molecule has 6 heteroatoms. The number of thiol groups is 1. The number of hydrogen-bond donors (Lipinski definition) is 2. The Balaban J connectivity index is 2.18. The molecule has 4 nitrogen and oxygen atoms in total. The van der Waals surface area contributed by atoms with Gasteiger partial charge in [-0.05, 0) is 23.3 Å². The lowest BCUT2D eigenvalue weighted by molar-refractivity contribution is -0.148. The summed E-state index contributed by atoms with van der Waals surface area (Å²) < 4.78 is 13.6. The van der Waals surface area contributed by atoms with Gasteiger partial charge >= 0.3 is 5.97 Å². The van der Waals surface area contributed by atoms with Gasteiger partial charge in [0.05, 0.1) is 0 Å². The Bertz CT molecular complexity index is 523. The summed E-state index contributed by atoms with van der Waals surface area (Å²) in [4.78, 5) is 24.6. The Labute approximate surface area is 122 Å². The van der Waals surface area contributed by atoms with Gasteiger partial charge in [-0.25, -0.2) is 9.18 Å². The fourth-order valence-corrected chi connectivity index (χ4v) is 2.68. The average molecular weight is 297 g/mol. The highest BCUT2D eigenvalue weighted by Gasteiger charge is 2.37. The van der Waals surface area contributed by atoms with Crippen molar-refractivity contribution in [2.24, 2.45) is 5.92 Å². The molecular formula is C14H16FNO3S. The van der Waals surface area contributed by atoms with Crippen LogP contribution in [0.15, 0.2) is 24.3 Å². The average Bonchev–Trinajstić information content (AvgIpc) is 2.78. The van der Waals surface area contributed by atoms with Crippen molar-refractivity contribution in [2.45, 2.75) is 18.9 Å². The molecular weight excluding hydrogens is 281 g/mol. The van der Waals surface area contributed by atoms with Gasteiger partial charge in [-0.15, -0.1) is 0 Å². The van der Waals surface area contributed by atoms with Crippen LogP contribution >= 0.6 is 12.6 Å². The number of nitrogens with zero attached hydrogens (tertiary/aromatic N) is 1. The van der Waals surface area contributed by atoms with Gasteiger partial charge in [0.1, 0.15) is 11.9 Å². The smallest absolute Gasteiger partial charge is 0.326 e. The zero-order valence-corrected chi connectivity index (χ0v) is 11.7. The third-order valence-corrected chi connectivity index (χ3v) is 4.05. The van der Waals surface area contributed by atoms with Crippen LogP contribution in [-0.4, -0.2) is 40.2 Å². The molecule has 1 amide bonds. The van der Waals surface area contributed by atoms with Crippen LogP contribution < -0.4 is 0 Å². The highest BCUT2D eigenvalue weighted by atomic mass is 32.1. The van der Waals surface area contributed by atoms with E-state index in [1.54, 1.807) is 18.2 Å². The largest absolute Gasteiger partial charge is 0.480 e. The van der Waals surface area contributed by atoms with E-state index in [2.05, 4.69) is 12.6 Å². The molecule has 0 bridgehead atoms. The first kappa shape index (κ1) is 14.8. The molecule has 2 atom stereocenters. The number of likely N-dealkylation sites (tertiary alicyclic amines) is 1. The number of aliphatic carboxylic acids is 1. The second-order valence-corrected chi connectivity index (χ2v) is 5.31. The molecule has 0 saturated carbocycles. The van der Waals surface area contributed by atoms with E-state index in [9.17, 15) is 19.1 Å². The Morgan fingerprint density at radius 3 is 2.75 bits per heavy atom. The molecule has 0 aromatic heterocycles. The monoisotopic (exact) mass is 297 g/mol. The standard InChI is InChI=1S/C14H16FNO3S/c15-11-4-2-1-3-10(11)6-12(14(18)19)16-7-9(8-20)5-13(16)17/h1-4,9,12,20H,5-8H2,(H,18,19)/t9?,12-/m1/s1. The number of rotatable bonds is 5. The van der Waals surface area contributed by atoms with Gasteiger partial charge in [0.15, 0.2) is 0 Å². The number of carboxylic acid groups (broad SMARTS) is 1. The molecule has 1 aliphatic rings. The minimum absolute atomic E-state index is 0.0208. The summed E-state index contributed by atoms with van der Waals surface area (Å²) in [6, 6.07) is 5.01. The normalized spacial score (nSPS) is 20.2. The van der Waals surface area contributed by atoms with Gasteiger partial charge in [-0.1, -0.05) is 18.2 Å². The molecule has 2 rings (SSSR count). The van der Waals surface area contributed by atoms with E-state index < -0.39 is 17.8 Å². The van der Waals surface area contributed by atoms with Crippen molar-refractivity contribution in [3.8, 4) is 0 Å². The lowest BCUT2D eigenvalue weighted by Crippen LogP contribution is -2.44. The Hall–Kier alpha value is -1.56. The summed E-state index contributed by atoms with van der Waals surface area (Å²) >= 11 is 4.15. The van der Waals surface area contributed by atoms with E-state index in [1.807, 2.05) is 0 Å². The number of carbonyl (C=O) groups is 2. The van der Waals surface area contributed by atoms with Gasteiger partial charge < -0.3 is 10.0 Å². The summed E-state index contributed by atoms with van der Waals surface area (Å²) in [7, 11) is 0. The molecule has 1 saturated heterocycles. The van der Waals surface area contributed by atoms with E-state index >= 15 is 0 Å². The number of carboxylic acids is 1. The second kappa shape index (κ2) is 6.26. The first-order valence-electron chi connectivity index (χ1n) is 6.39. The fourth-order valence-electron chi connectivity index (χ4n) is 2.44. The minimum Gasteiger partial charge on any atom is -0.480 e. The van der Waals surface area contributed by atoms with Crippen LogP contribution in [0.4, 0.5) is 4.39 Å². The van der Waals surface area contributed by atoms with Gasteiger partial charge in [-0.3, -0.25) is 4.79 Å². The van der Waals surface area contributed by atoms with Crippen molar-refractivity contribution >= 4 is 24.5 Å². The molecule has 1 unspecified atom stereocenters. The summed E-state index contributed by atoms with van der Waals surface area (Å²) in [5, 5.41) is 9.33. The molecule has 0 spiro atoms. The molecule has 108 valence electrons. The van der Waals surface area contributed by atoms with Gasteiger partial charge in [0.25, 0.3) is 0 Å². The van der Waals surface area contributed by atoms with Crippen LogP contribution in [0.3, 0.4) is 0 Å². The summed E-state index contributed by atoms with van der Waals surface area (Å²) in [6.45, 7) is 0.369. The molecule has 0 radical (unpaired) electrons. The van der Waals surface area contributed by atoms with Crippen molar-refractivity contribution in [3.63, 3.8) is 0 Å². The number of carbonyl (C=O) groups excluding carboxylic acids is 1. The topological polar surface area (TPSA) is 57.6 Å². The van der Waals surface area contributed by atoms with E-state index in [1.165, 1.54) is 11.0 Å². The molecule has 1 aromatic rings. The lowest BCUT2D eigenvalue weighted by atomic mass is 10.0. The molecule has 1 fully saturated rings. The van der Waals surface area contributed by atoms with Gasteiger partial charge in [0.2, 0.25) is 5.91 Å². The summed E-state index contributed by atoms with van der Waals surface area (Å²) in [6.07, 6.45) is 0.289. The van der Waals surface area contributed by atoms with Crippen molar-refractivity contribution in [1.29, 1.82) is 0 Å². The predicted molar refractivity (Wildman–Crippen MR) is 75.2 cm³/mol. The Morgan fingerprint density at radius 1 is 1.50 bits per heavy atom. The molecule has 1 heterocycles. The highest BCUT2D eigenvalue weighted by Crippen LogP contribution is 2.23.